The topological polar surface area (TPSA) is 55.6 Å². The molecule has 5 heteroatoms. The fourth-order valence-corrected chi connectivity index (χ4v) is 2.01. The van der Waals surface area contributed by atoms with Gasteiger partial charge in [0.05, 0.1) is 6.33 Å². The number of imidazole rings is 1. The van der Waals surface area contributed by atoms with Gasteiger partial charge < -0.3 is 9.88 Å². The van der Waals surface area contributed by atoms with Gasteiger partial charge >= 0.3 is 0 Å². The van der Waals surface area contributed by atoms with E-state index in [1.165, 1.54) is 19.3 Å². The van der Waals surface area contributed by atoms with Crippen molar-refractivity contribution in [2.75, 3.05) is 11.9 Å². The van der Waals surface area contributed by atoms with E-state index in [-0.39, 0.29) is 0 Å². The third kappa shape index (κ3) is 1.52. The molecule has 1 aliphatic rings. The highest BCUT2D eigenvalue weighted by Crippen LogP contribution is 2.27. The van der Waals surface area contributed by atoms with Crippen LogP contribution in [0.3, 0.4) is 0 Å². The molecule has 16 heavy (non-hydrogen) atoms. The summed E-state index contributed by atoms with van der Waals surface area (Å²) in [6, 6.07) is 0. The zero-order valence-corrected chi connectivity index (χ0v) is 9.35. The smallest absolute Gasteiger partial charge is 0.165 e. The summed E-state index contributed by atoms with van der Waals surface area (Å²) >= 11 is 0. The highest BCUT2D eigenvalue weighted by molar-refractivity contribution is 5.82. The van der Waals surface area contributed by atoms with Crippen LogP contribution in [0.15, 0.2) is 12.7 Å². The second kappa shape index (κ2) is 3.73. The second-order valence-electron chi connectivity index (χ2n) is 4.43. The molecule has 1 N–H and O–H groups in total. The fraction of sp³-hybridized carbons (Fsp3) is 0.545. The lowest BCUT2D eigenvalue weighted by Crippen LogP contribution is -2.21. The van der Waals surface area contributed by atoms with Crippen LogP contribution in [0.1, 0.15) is 19.3 Å². The second-order valence-corrected chi connectivity index (χ2v) is 4.43. The highest BCUT2D eigenvalue weighted by atomic mass is 15.1. The van der Waals surface area contributed by atoms with Gasteiger partial charge in [0.15, 0.2) is 11.5 Å². The predicted octanol–water partition coefficient (Wildman–Crippen LogP) is 1.58. The molecule has 5 nitrogen and oxygen atoms in total. The summed E-state index contributed by atoms with van der Waals surface area (Å²) in [6.45, 7) is 1.00. The number of nitrogens with zero attached hydrogens (tertiary/aromatic N) is 4. The maximum atomic E-state index is 4.32. The molecule has 2 aromatic heterocycles. The zero-order valence-electron chi connectivity index (χ0n) is 9.35. The highest BCUT2D eigenvalue weighted by Gasteiger charge is 2.17. The molecule has 0 saturated heterocycles. The van der Waals surface area contributed by atoms with Crippen LogP contribution in [0.25, 0.3) is 11.2 Å². The van der Waals surface area contributed by atoms with E-state index in [4.69, 9.17) is 0 Å². The summed E-state index contributed by atoms with van der Waals surface area (Å²) in [6.07, 6.45) is 7.41. The van der Waals surface area contributed by atoms with Crippen LogP contribution in [0.4, 0.5) is 5.82 Å². The van der Waals surface area contributed by atoms with Gasteiger partial charge in [-0.1, -0.05) is 6.42 Å². The molecule has 0 radical (unpaired) electrons. The third-order valence-electron chi connectivity index (χ3n) is 3.28. The molecule has 0 atom stereocenters. The van der Waals surface area contributed by atoms with Crippen LogP contribution in [0.2, 0.25) is 0 Å². The van der Waals surface area contributed by atoms with E-state index in [2.05, 4.69) is 20.3 Å². The molecule has 0 aliphatic heterocycles. The fourth-order valence-electron chi connectivity index (χ4n) is 2.01. The molecule has 0 bridgehead atoms. The van der Waals surface area contributed by atoms with Gasteiger partial charge in [-0.2, -0.15) is 0 Å². The molecule has 84 valence electrons. The van der Waals surface area contributed by atoms with Crippen LogP contribution < -0.4 is 5.32 Å². The van der Waals surface area contributed by atoms with Gasteiger partial charge in [0.2, 0.25) is 0 Å². The largest absolute Gasteiger partial charge is 0.368 e. The van der Waals surface area contributed by atoms with Crippen molar-refractivity contribution < 1.29 is 0 Å². The Morgan fingerprint density at radius 2 is 2.25 bits per heavy atom. The minimum absolute atomic E-state index is 0.814. The molecular weight excluding hydrogens is 202 g/mol. The first-order valence-electron chi connectivity index (χ1n) is 5.70. The molecule has 0 spiro atoms. The molecule has 0 amide bonds. The predicted molar refractivity (Wildman–Crippen MR) is 62.1 cm³/mol. The number of fused-ring (bicyclic) bond motifs is 1. The summed E-state index contributed by atoms with van der Waals surface area (Å²) in [7, 11) is 1.94. The van der Waals surface area contributed by atoms with Crippen LogP contribution >= 0.6 is 0 Å². The summed E-state index contributed by atoms with van der Waals surface area (Å²) in [4.78, 5) is 12.8. The van der Waals surface area contributed by atoms with Crippen molar-refractivity contribution in [1.82, 2.24) is 19.5 Å². The Hall–Kier alpha value is -1.65. The average Bonchev–Trinajstić information content (AvgIpc) is 2.60. The number of hydrogen-bond donors (Lipinski definition) is 1. The van der Waals surface area contributed by atoms with E-state index in [0.717, 1.165) is 29.4 Å². The molecule has 3 rings (SSSR count). The van der Waals surface area contributed by atoms with E-state index in [1.807, 2.05) is 11.6 Å². The van der Waals surface area contributed by atoms with Crippen molar-refractivity contribution in [1.29, 1.82) is 0 Å². The maximum absolute atomic E-state index is 4.32. The van der Waals surface area contributed by atoms with Crippen LogP contribution in [0.5, 0.6) is 0 Å². The number of aromatic nitrogens is 4. The Balaban J connectivity index is 1.84. The first-order chi connectivity index (χ1) is 7.84. The van der Waals surface area contributed by atoms with Gasteiger partial charge in [0.1, 0.15) is 11.8 Å². The third-order valence-corrected chi connectivity index (χ3v) is 3.28. The number of anilines is 1. The lowest BCUT2D eigenvalue weighted by atomic mass is 9.85. The first-order valence-corrected chi connectivity index (χ1v) is 5.70. The molecule has 1 aliphatic carbocycles. The number of hydrogen-bond acceptors (Lipinski definition) is 4. The van der Waals surface area contributed by atoms with E-state index >= 15 is 0 Å². The Bertz CT molecular complexity index is 500. The molecule has 0 unspecified atom stereocenters. The van der Waals surface area contributed by atoms with Gasteiger partial charge in [-0.15, -0.1) is 0 Å². The van der Waals surface area contributed by atoms with E-state index in [1.54, 1.807) is 12.7 Å². The normalized spacial score (nSPS) is 16.3. The van der Waals surface area contributed by atoms with Crippen molar-refractivity contribution in [3.05, 3.63) is 12.7 Å². The monoisotopic (exact) mass is 217 g/mol. The van der Waals surface area contributed by atoms with E-state index in [9.17, 15) is 0 Å². The molecule has 0 aromatic carbocycles. The summed E-state index contributed by atoms with van der Waals surface area (Å²) in [5, 5.41) is 3.38. The SMILES string of the molecule is Cn1cnc2c(NCC3CCC3)ncnc21. The maximum Gasteiger partial charge on any atom is 0.165 e. The van der Waals surface area contributed by atoms with Crippen LogP contribution in [-0.4, -0.2) is 26.1 Å². The van der Waals surface area contributed by atoms with Crippen molar-refractivity contribution in [3.63, 3.8) is 0 Å². The molecule has 1 saturated carbocycles. The average molecular weight is 217 g/mol. The first kappa shape index (κ1) is 9.57. The Morgan fingerprint density at radius 3 is 3.00 bits per heavy atom. The van der Waals surface area contributed by atoms with E-state index in [0.29, 0.717) is 0 Å². The number of aryl methyl sites for hydroxylation is 1. The van der Waals surface area contributed by atoms with Gasteiger partial charge in [0, 0.05) is 13.6 Å². The Kier molecular flexibility index (Phi) is 2.23. The minimum atomic E-state index is 0.814. The quantitative estimate of drug-likeness (QED) is 0.848. The lowest BCUT2D eigenvalue weighted by Gasteiger charge is -2.25. The zero-order chi connectivity index (χ0) is 11.0. The molecule has 2 heterocycles. The van der Waals surface area contributed by atoms with Crippen molar-refractivity contribution >= 4 is 17.0 Å². The van der Waals surface area contributed by atoms with Gasteiger partial charge in [0.25, 0.3) is 0 Å². The van der Waals surface area contributed by atoms with Crippen molar-refractivity contribution in [3.8, 4) is 0 Å². The van der Waals surface area contributed by atoms with Crippen molar-refractivity contribution in [2.45, 2.75) is 19.3 Å². The molecular formula is C11H15N5. The Morgan fingerprint density at radius 1 is 1.38 bits per heavy atom. The molecule has 2 aromatic rings. The minimum Gasteiger partial charge on any atom is -0.368 e. The standard InChI is InChI=1S/C11H15N5/c1-16-7-15-9-10(13-6-14-11(9)16)12-5-8-3-2-4-8/h6-8H,2-5H2,1H3,(H,12,13,14). The summed E-state index contributed by atoms with van der Waals surface area (Å²) < 4.78 is 1.91. The van der Waals surface area contributed by atoms with Gasteiger partial charge in [-0.25, -0.2) is 15.0 Å². The lowest BCUT2D eigenvalue weighted by molar-refractivity contribution is 0.333. The number of nitrogens with one attached hydrogen (secondary N) is 1. The van der Waals surface area contributed by atoms with Crippen LogP contribution in [0, 0.1) is 5.92 Å². The number of rotatable bonds is 3. The summed E-state index contributed by atoms with van der Waals surface area (Å²) in [5.41, 5.74) is 1.75. The molecule has 1 fully saturated rings. The van der Waals surface area contributed by atoms with Gasteiger partial charge in [-0.3, -0.25) is 0 Å². The van der Waals surface area contributed by atoms with E-state index < -0.39 is 0 Å². The Labute approximate surface area is 93.9 Å². The van der Waals surface area contributed by atoms with Crippen molar-refractivity contribution in [2.24, 2.45) is 13.0 Å². The van der Waals surface area contributed by atoms with Gasteiger partial charge in [-0.05, 0) is 18.8 Å². The van der Waals surface area contributed by atoms with Crippen LogP contribution in [-0.2, 0) is 7.05 Å². The summed E-state index contributed by atoms with van der Waals surface area (Å²) in [5.74, 6) is 1.67.